The van der Waals surface area contributed by atoms with Gasteiger partial charge >= 0.3 is 0 Å². The molecule has 1 rings (SSSR count). The molecule has 14 heavy (non-hydrogen) atoms. The molecule has 0 spiro atoms. The number of rotatable bonds is 4. The van der Waals surface area contributed by atoms with E-state index in [4.69, 9.17) is 0 Å². The summed E-state index contributed by atoms with van der Waals surface area (Å²) in [5.41, 5.74) is 5.02. The SMILES string of the molecule is CCCc1[c]c(C)c(CCC)c(C)n1. The molecule has 0 aliphatic rings. The van der Waals surface area contributed by atoms with E-state index in [1.54, 1.807) is 0 Å². The molecule has 0 saturated carbocycles. The fourth-order valence-electron chi connectivity index (χ4n) is 1.83. The third-order valence-corrected chi connectivity index (χ3v) is 2.51. The van der Waals surface area contributed by atoms with Gasteiger partial charge < -0.3 is 0 Å². The second-order valence-electron chi connectivity index (χ2n) is 3.87. The summed E-state index contributed by atoms with van der Waals surface area (Å²) in [7, 11) is 0. The van der Waals surface area contributed by atoms with E-state index in [0.29, 0.717) is 0 Å². The molecule has 0 aromatic carbocycles. The van der Waals surface area contributed by atoms with Crippen molar-refractivity contribution in [2.75, 3.05) is 0 Å². The largest absolute Gasteiger partial charge is 0.257 e. The van der Waals surface area contributed by atoms with Crippen LogP contribution < -0.4 is 0 Å². The molecule has 0 fully saturated rings. The lowest BCUT2D eigenvalue weighted by Gasteiger charge is -2.09. The summed E-state index contributed by atoms with van der Waals surface area (Å²) in [4.78, 5) is 4.59. The fourth-order valence-corrected chi connectivity index (χ4v) is 1.83. The zero-order valence-electron chi connectivity index (χ0n) is 9.78. The minimum Gasteiger partial charge on any atom is -0.257 e. The van der Waals surface area contributed by atoms with E-state index in [1.807, 2.05) is 0 Å². The Labute approximate surface area is 87.6 Å². The average Bonchev–Trinajstić information content (AvgIpc) is 2.12. The molecule has 1 aromatic heterocycles. The molecule has 1 heteroatoms. The van der Waals surface area contributed by atoms with E-state index in [9.17, 15) is 0 Å². The molecular weight excluding hydrogens is 170 g/mol. The maximum absolute atomic E-state index is 4.59. The van der Waals surface area contributed by atoms with Crippen LogP contribution in [-0.2, 0) is 12.8 Å². The van der Waals surface area contributed by atoms with Gasteiger partial charge in [0.2, 0.25) is 0 Å². The summed E-state index contributed by atoms with van der Waals surface area (Å²) in [6, 6.07) is 3.39. The smallest absolute Gasteiger partial charge is 0.0488 e. The molecule has 0 unspecified atom stereocenters. The van der Waals surface area contributed by atoms with Gasteiger partial charge in [-0.3, -0.25) is 4.98 Å². The van der Waals surface area contributed by atoms with Crippen LogP contribution in [0.25, 0.3) is 0 Å². The van der Waals surface area contributed by atoms with Gasteiger partial charge in [0.1, 0.15) is 0 Å². The molecule has 0 aliphatic heterocycles. The summed E-state index contributed by atoms with van der Waals surface area (Å²) >= 11 is 0. The fraction of sp³-hybridized carbons (Fsp3) is 0.615. The molecule has 0 bridgehead atoms. The highest BCUT2D eigenvalue weighted by atomic mass is 14.7. The molecule has 0 amide bonds. The van der Waals surface area contributed by atoms with Crippen LogP contribution in [0.3, 0.4) is 0 Å². The summed E-state index contributed by atoms with van der Waals surface area (Å²) in [5.74, 6) is 0. The Hall–Kier alpha value is -0.850. The Morgan fingerprint density at radius 3 is 2.21 bits per heavy atom. The first-order valence-corrected chi connectivity index (χ1v) is 5.57. The third kappa shape index (κ3) is 2.57. The van der Waals surface area contributed by atoms with Gasteiger partial charge in [0.25, 0.3) is 0 Å². The van der Waals surface area contributed by atoms with E-state index in [2.05, 4.69) is 38.7 Å². The van der Waals surface area contributed by atoms with Gasteiger partial charge in [-0.15, -0.1) is 0 Å². The van der Waals surface area contributed by atoms with Crippen molar-refractivity contribution in [2.24, 2.45) is 0 Å². The number of hydrogen-bond donors (Lipinski definition) is 0. The topological polar surface area (TPSA) is 12.9 Å². The van der Waals surface area contributed by atoms with Gasteiger partial charge in [0.05, 0.1) is 0 Å². The van der Waals surface area contributed by atoms with Crippen molar-refractivity contribution < 1.29 is 0 Å². The van der Waals surface area contributed by atoms with E-state index in [1.165, 1.54) is 23.2 Å². The zero-order valence-corrected chi connectivity index (χ0v) is 9.78. The summed E-state index contributed by atoms with van der Waals surface area (Å²) < 4.78 is 0. The predicted octanol–water partition coefficient (Wildman–Crippen LogP) is 3.40. The molecule has 77 valence electrons. The number of nitrogens with zero attached hydrogens (tertiary/aromatic N) is 1. The van der Waals surface area contributed by atoms with Crippen molar-refractivity contribution in [1.82, 2.24) is 4.98 Å². The number of hydrogen-bond acceptors (Lipinski definition) is 1. The zero-order chi connectivity index (χ0) is 10.6. The van der Waals surface area contributed by atoms with Crippen molar-refractivity contribution in [3.05, 3.63) is 28.6 Å². The highest BCUT2D eigenvalue weighted by Gasteiger charge is 2.05. The minimum absolute atomic E-state index is 1.05. The van der Waals surface area contributed by atoms with Gasteiger partial charge in [-0.1, -0.05) is 26.7 Å². The Morgan fingerprint density at radius 2 is 1.71 bits per heavy atom. The molecule has 1 aromatic rings. The quantitative estimate of drug-likeness (QED) is 0.709. The van der Waals surface area contributed by atoms with Crippen LogP contribution in [0, 0.1) is 19.9 Å². The Balaban J connectivity index is 2.98. The van der Waals surface area contributed by atoms with Gasteiger partial charge in [-0.05, 0) is 37.8 Å². The van der Waals surface area contributed by atoms with E-state index in [-0.39, 0.29) is 0 Å². The van der Waals surface area contributed by atoms with Crippen molar-refractivity contribution in [3.63, 3.8) is 0 Å². The van der Waals surface area contributed by atoms with Crippen molar-refractivity contribution in [3.8, 4) is 0 Å². The summed E-state index contributed by atoms with van der Waals surface area (Å²) in [6.07, 6.45) is 4.52. The highest BCUT2D eigenvalue weighted by molar-refractivity contribution is 5.30. The standard InChI is InChI=1S/C13H20N/c1-5-7-12-9-10(3)13(8-6-2)11(4)14-12/h5-8H2,1-4H3. The van der Waals surface area contributed by atoms with E-state index < -0.39 is 0 Å². The van der Waals surface area contributed by atoms with Crippen LogP contribution in [0.15, 0.2) is 0 Å². The van der Waals surface area contributed by atoms with Crippen LogP contribution >= 0.6 is 0 Å². The van der Waals surface area contributed by atoms with E-state index in [0.717, 1.165) is 25.0 Å². The molecule has 1 heterocycles. The maximum Gasteiger partial charge on any atom is 0.0488 e. The molecule has 1 nitrogen and oxygen atoms in total. The Morgan fingerprint density at radius 1 is 1.07 bits per heavy atom. The van der Waals surface area contributed by atoms with Crippen molar-refractivity contribution in [1.29, 1.82) is 0 Å². The summed E-state index contributed by atoms with van der Waals surface area (Å²) in [5, 5.41) is 0. The van der Waals surface area contributed by atoms with Crippen molar-refractivity contribution >= 4 is 0 Å². The van der Waals surface area contributed by atoms with Crippen LogP contribution in [-0.4, -0.2) is 4.98 Å². The number of aromatic nitrogens is 1. The number of aryl methyl sites for hydroxylation is 3. The molecular formula is C13H20N. The van der Waals surface area contributed by atoms with Crippen LogP contribution in [0.2, 0.25) is 0 Å². The Bertz CT molecular complexity index is 279. The van der Waals surface area contributed by atoms with Gasteiger partial charge in [-0.2, -0.15) is 0 Å². The normalized spacial score (nSPS) is 10.6. The van der Waals surface area contributed by atoms with Crippen LogP contribution in [0.5, 0.6) is 0 Å². The lowest BCUT2D eigenvalue weighted by atomic mass is 10.0. The lowest BCUT2D eigenvalue weighted by molar-refractivity contribution is 0.838. The van der Waals surface area contributed by atoms with Crippen molar-refractivity contribution in [2.45, 2.75) is 53.4 Å². The summed E-state index contributed by atoms with van der Waals surface area (Å²) in [6.45, 7) is 8.66. The first-order valence-electron chi connectivity index (χ1n) is 5.57. The van der Waals surface area contributed by atoms with E-state index >= 15 is 0 Å². The molecule has 0 aliphatic carbocycles. The van der Waals surface area contributed by atoms with Gasteiger partial charge in [0.15, 0.2) is 0 Å². The molecule has 1 radical (unpaired) electrons. The molecule has 0 N–H and O–H groups in total. The average molecular weight is 190 g/mol. The number of pyridine rings is 1. The second kappa shape index (κ2) is 5.14. The maximum atomic E-state index is 4.59. The minimum atomic E-state index is 1.05. The third-order valence-electron chi connectivity index (χ3n) is 2.51. The predicted molar refractivity (Wildman–Crippen MR) is 60.5 cm³/mol. The van der Waals surface area contributed by atoms with Crippen LogP contribution in [0.1, 0.15) is 49.2 Å². The van der Waals surface area contributed by atoms with Gasteiger partial charge in [0, 0.05) is 17.5 Å². The lowest BCUT2D eigenvalue weighted by Crippen LogP contribution is -2.01. The first kappa shape index (κ1) is 11.2. The highest BCUT2D eigenvalue weighted by Crippen LogP contribution is 2.15. The Kier molecular flexibility index (Phi) is 4.12. The first-order chi connectivity index (χ1) is 6.69. The second-order valence-corrected chi connectivity index (χ2v) is 3.87. The molecule has 0 atom stereocenters. The van der Waals surface area contributed by atoms with Crippen LogP contribution in [0.4, 0.5) is 0 Å². The van der Waals surface area contributed by atoms with Gasteiger partial charge in [-0.25, -0.2) is 0 Å². The monoisotopic (exact) mass is 190 g/mol. The molecule has 0 saturated heterocycles.